The van der Waals surface area contributed by atoms with Crippen LogP contribution >= 0.6 is 0 Å². The van der Waals surface area contributed by atoms with Gasteiger partial charge in [0.15, 0.2) is 0 Å². The van der Waals surface area contributed by atoms with Crippen LogP contribution in [0.3, 0.4) is 0 Å². The van der Waals surface area contributed by atoms with Crippen molar-refractivity contribution in [3.05, 3.63) is 40.9 Å². The maximum Gasteiger partial charge on any atom is 0.224 e. The molecule has 0 amide bonds. The Hall–Kier alpha value is -2.70. The number of fused-ring (bicyclic) bond motifs is 1. The lowest BCUT2D eigenvalue weighted by Gasteiger charge is -2.11. The highest BCUT2D eigenvalue weighted by Gasteiger charge is 2.41. The van der Waals surface area contributed by atoms with E-state index in [1.54, 1.807) is 0 Å². The minimum atomic E-state index is 0.509. The Labute approximate surface area is 164 Å². The Kier molecular flexibility index (Phi) is 4.00. The van der Waals surface area contributed by atoms with E-state index in [0.717, 1.165) is 47.7 Å². The molecule has 1 aliphatic heterocycles. The number of hydrogen-bond donors (Lipinski definition) is 0. The highest BCUT2D eigenvalue weighted by molar-refractivity contribution is 5.72. The number of nitrogens with zero attached hydrogens (tertiary/aromatic N) is 6. The molecule has 2 atom stereocenters. The summed E-state index contributed by atoms with van der Waals surface area (Å²) in [5.74, 6) is 2.40. The third-order valence-electron chi connectivity index (χ3n) is 6.07. The average molecular weight is 378 g/mol. The first-order chi connectivity index (χ1) is 13.5. The average Bonchev–Trinajstić information content (AvgIpc) is 2.97. The second-order valence-corrected chi connectivity index (χ2v) is 8.11. The van der Waals surface area contributed by atoms with E-state index in [1.165, 1.54) is 17.8 Å². The Morgan fingerprint density at radius 3 is 2.82 bits per heavy atom. The molecule has 2 aliphatic rings. The van der Waals surface area contributed by atoms with Crippen LogP contribution in [0.15, 0.2) is 12.3 Å². The zero-order chi connectivity index (χ0) is 19.4. The van der Waals surface area contributed by atoms with Gasteiger partial charge in [-0.2, -0.15) is 15.2 Å². The largest absolute Gasteiger partial charge is 0.477 e. The minimum absolute atomic E-state index is 0.509. The van der Waals surface area contributed by atoms with Crippen molar-refractivity contribution in [1.29, 1.82) is 0 Å². The molecule has 1 fully saturated rings. The van der Waals surface area contributed by atoms with Crippen LogP contribution in [0.1, 0.15) is 47.4 Å². The summed E-state index contributed by atoms with van der Waals surface area (Å²) in [6.45, 7) is 7.70. The predicted molar refractivity (Wildman–Crippen MR) is 105 cm³/mol. The summed E-state index contributed by atoms with van der Waals surface area (Å²) < 4.78 is 10.3. The van der Waals surface area contributed by atoms with Gasteiger partial charge in [-0.05, 0) is 46.1 Å². The fourth-order valence-corrected chi connectivity index (χ4v) is 4.34. The van der Waals surface area contributed by atoms with Gasteiger partial charge < -0.3 is 4.74 Å². The summed E-state index contributed by atoms with van der Waals surface area (Å²) in [6.07, 6.45) is 5.39. The maximum atomic E-state index is 6.22. The molecule has 0 bridgehead atoms. The van der Waals surface area contributed by atoms with Crippen molar-refractivity contribution in [2.45, 2.75) is 52.5 Å². The fraction of sp³-hybridized carbons (Fsp3) is 0.524. The van der Waals surface area contributed by atoms with Crippen molar-refractivity contribution in [1.82, 2.24) is 29.5 Å². The predicted octanol–water partition coefficient (Wildman–Crippen LogP) is 3.13. The van der Waals surface area contributed by atoms with Crippen LogP contribution in [0.25, 0.3) is 11.1 Å². The van der Waals surface area contributed by atoms with E-state index in [2.05, 4.69) is 32.7 Å². The number of rotatable bonds is 5. The van der Waals surface area contributed by atoms with Crippen molar-refractivity contribution >= 4 is 0 Å². The van der Waals surface area contributed by atoms with Gasteiger partial charge in [-0.15, -0.1) is 0 Å². The molecular formula is C21H26N6O. The molecule has 4 heterocycles. The molecule has 28 heavy (non-hydrogen) atoms. The molecule has 0 saturated heterocycles. The zero-order valence-electron chi connectivity index (χ0n) is 16.9. The lowest BCUT2D eigenvalue weighted by Crippen LogP contribution is -2.06. The Morgan fingerprint density at radius 1 is 1.21 bits per heavy atom. The summed E-state index contributed by atoms with van der Waals surface area (Å²) in [7, 11) is 1.96. The Morgan fingerprint density at radius 2 is 2.07 bits per heavy atom. The molecule has 5 rings (SSSR count). The van der Waals surface area contributed by atoms with Gasteiger partial charge in [-0.3, -0.25) is 9.36 Å². The fourth-order valence-electron chi connectivity index (χ4n) is 4.34. The molecule has 0 N–H and O–H groups in total. The summed E-state index contributed by atoms with van der Waals surface area (Å²) in [5, 5.41) is 9.32. The van der Waals surface area contributed by atoms with Crippen LogP contribution in [0, 0.1) is 26.7 Å². The number of aryl methyl sites for hydroxylation is 5. The highest BCUT2D eigenvalue weighted by atomic mass is 16.5. The van der Waals surface area contributed by atoms with Crippen molar-refractivity contribution in [3.8, 4) is 17.0 Å². The third-order valence-corrected chi connectivity index (χ3v) is 6.07. The van der Waals surface area contributed by atoms with Crippen LogP contribution in [-0.2, 0) is 20.0 Å². The van der Waals surface area contributed by atoms with E-state index in [1.807, 2.05) is 31.8 Å². The lowest BCUT2D eigenvalue weighted by molar-refractivity contribution is 0.285. The minimum Gasteiger partial charge on any atom is -0.477 e. The SMILES string of the molecule is Cc1ncc(-c2c(C)nn(C)c2C)c(OCC2CC2c2cc3n(n2)CCC3)n1. The number of aromatic nitrogens is 6. The summed E-state index contributed by atoms with van der Waals surface area (Å²) >= 11 is 0. The van der Waals surface area contributed by atoms with Gasteiger partial charge in [0, 0.05) is 48.6 Å². The van der Waals surface area contributed by atoms with E-state index in [9.17, 15) is 0 Å². The van der Waals surface area contributed by atoms with Crippen molar-refractivity contribution in [3.63, 3.8) is 0 Å². The molecule has 3 aromatic rings. The molecule has 3 aromatic heterocycles. The molecular weight excluding hydrogens is 352 g/mol. The van der Waals surface area contributed by atoms with Crippen LogP contribution in [-0.4, -0.2) is 36.1 Å². The van der Waals surface area contributed by atoms with Gasteiger partial charge in [0.2, 0.25) is 5.88 Å². The van der Waals surface area contributed by atoms with Gasteiger partial charge in [-0.1, -0.05) is 0 Å². The lowest BCUT2D eigenvalue weighted by atomic mass is 10.1. The Balaban J connectivity index is 1.34. The van der Waals surface area contributed by atoms with Crippen LogP contribution < -0.4 is 4.74 Å². The van der Waals surface area contributed by atoms with Crippen LogP contribution in [0.5, 0.6) is 5.88 Å². The standard InChI is InChI=1S/C21H26N6O/c1-12-20(13(2)26(4)24-12)18-10-22-14(3)23-21(18)28-11-15-8-17(15)19-9-16-6-5-7-27(16)25-19/h9-10,15,17H,5-8,11H2,1-4H3. The van der Waals surface area contributed by atoms with E-state index >= 15 is 0 Å². The second kappa shape index (κ2) is 6.43. The van der Waals surface area contributed by atoms with Crippen molar-refractivity contribution < 1.29 is 4.74 Å². The van der Waals surface area contributed by atoms with Gasteiger partial charge in [0.25, 0.3) is 0 Å². The maximum absolute atomic E-state index is 6.22. The van der Waals surface area contributed by atoms with Crippen LogP contribution in [0.2, 0.25) is 0 Å². The molecule has 1 aliphatic carbocycles. The molecule has 7 nitrogen and oxygen atoms in total. The van der Waals surface area contributed by atoms with Crippen molar-refractivity contribution in [2.24, 2.45) is 13.0 Å². The molecule has 0 aromatic carbocycles. The van der Waals surface area contributed by atoms with Crippen molar-refractivity contribution in [2.75, 3.05) is 6.61 Å². The number of ether oxygens (including phenoxy) is 1. The van der Waals surface area contributed by atoms with Gasteiger partial charge in [0.05, 0.1) is 23.6 Å². The Bertz CT molecular complexity index is 1030. The highest BCUT2D eigenvalue weighted by Crippen LogP contribution is 2.47. The smallest absolute Gasteiger partial charge is 0.224 e. The first-order valence-electron chi connectivity index (χ1n) is 10.0. The van der Waals surface area contributed by atoms with Gasteiger partial charge in [-0.25, -0.2) is 4.98 Å². The van der Waals surface area contributed by atoms with E-state index in [-0.39, 0.29) is 0 Å². The molecule has 0 radical (unpaired) electrons. The third kappa shape index (κ3) is 2.89. The monoisotopic (exact) mass is 378 g/mol. The first-order valence-corrected chi connectivity index (χ1v) is 10.0. The topological polar surface area (TPSA) is 70.7 Å². The van der Waals surface area contributed by atoms with E-state index < -0.39 is 0 Å². The molecule has 1 saturated carbocycles. The number of hydrogen-bond acceptors (Lipinski definition) is 5. The molecule has 7 heteroatoms. The molecule has 0 spiro atoms. The summed E-state index contributed by atoms with van der Waals surface area (Å²) in [4.78, 5) is 8.99. The van der Waals surface area contributed by atoms with E-state index in [0.29, 0.717) is 24.3 Å². The quantitative estimate of drug-likeness (QED) is 0.682. The van der Waals surface area contributed by atoms with E-state index in [4.69, 9.17) is 9.84 Å². The first kappa shape index (κ1) is 17.4. The normalized spacial score (nSPS) is 20.4. The molecule has 2 unspecified atom stereocenters. The van der Waals surface area contributed by atoms with Gasteiger partial charge >= 0.3 is 0 Å². The zero-order valence-corrected chi connectivity index (χ0v) is 16.9. The summed E-state index contributed by atoms with van der Waals surface area (Å²) in [5.41, 5.74) is 6.67. The van der Waals surface area contributed by atoms with Gasteiger partial charge in [0.1, 0.15) is 5.82 Å². The summed E-state index contributed by atoms with van der Waals surface area (Å²) in [6, 6.07) is 2.29. The van der Waals surface area contributed by atoms with Crippen LogP contribution in [0.4, 0.5) is 0 Å². The molecule has 146 valence electrons. The second-order valence-electron chi connectivity index (χ2n) is 8.11.